The number of carbonyl (C=O) groups excluding carboxylic acids is 1. The van der Waals surface area contributed by atoms with Crippen LogP contribution in [0.2, 0.25) is 0 Å². The highest BCUT2D eigenvalue weighted by molar-refractivity contribution is 5.91. The number of nitrogen functional groups attached to an aromatic ring is 1. The maximum atomic E-state index is 11.2. The average molecular weight is 291 g/mol. The maximum Gasteiger partial charge on any atom is 0.287 e. The molecule has 0 atom stereocenters. The number of amides is 1. The van der Waals surface area contributed by atoms with Crippen LogP contribution in [0.1, 0.15) is 17.4 Å². The van der Waals surface area contributed by atoms with Crippen LogP contribution in [0.25, 0.3) is 0 Å². The van der Waals surface area contributed by atoms with Crippen LogP contribution in [-0.2, 0) is 6.54 Å². The minimum absolute atomic E-state index is 0.165. The van der Waals surface area contributed by atoms with Gasteiger partial charge in [-0.25, -0.2) is 10.5 Å². The highest BCUT2D eigenvalue weighted by Crippen LogP contribution is 2.17. The van der Waals surface area contributed by atoms with E-state index in [9.17, 15) is 4.79 Å². The lowest BCUT2D eigenvalue weighted by atomic mass is 10.3. The summed E-state index contributed by atoms with van der Waals surface area (Å²) in [5, 5.41) is 7.50. The zero-order valence-corrected chi connectivity index (χ0v) is 11.7. The number of aromatic nitrogens is 3. The molecule has 1 aromatic carbocycles. The Kier molecular flexibility index (Phi) is 5.10. The minimum atomic E-state index is -0.478. The molecule has 0 radical (unpaired) electrons. The van der Waals surface area contributed by atoms with Gasteiger partial charge in [0.05, 0.1) is 19.3 Å². The van der Waals surface area contributed by atoms with Gasteiger partial charge in [0, 0.05) is 0 Å². The Morgan fingerprint density at radius 2 is 1.95 bits per heavy atom. The van der Waals surface area contributed by atoms with E-state index < -0.39 is 5.91 Å². The van der Waals surface area contributed by atoms with Gasteiger partial charge in [-0.1, -0.05) is 5.21 Å². The average Bonchev–Trinajstić information content (AvgIpc) is 2.97. The van der Waals surface area contributed by atoms with Crippen molar-refractivity contribution in [1.29, 1.82) is 0 Å². The number of nitrogens with zero attached hydrogens (tertiary/aromatic N) is 3. The topological polar surface area (TPSA) is 104 Å². The molecule has 0 aliphatic carbocycles. The summed E-state index contributed by atoms with van der Waals surface area (Å²) in [7, 11) is 0. The molecule has 0 fully saturated rings. The summed E-state index contributed by atoms with van der Waals surface area (Å²) in [6.07, 6.45) is 1.50. The molecule has 0 aliphatic heterocycles. The lowest BCUT2D eigenvalue weighted by molar-refractivity contribution is 0.0948. The molecule has 3 N–H and O–H groups in total. The summed E-state index contributed by atoms with van der Waals surface area (Å²) in [6, 6.07) is 7.36. The summed E-state index contributed by atoms with van der Waals surface area (Å²) >= 11 is 0. The predicted octanol–water partition coefficient (Wildman–Crippen LogP) is 0.359. The smallest absolute Gasteiger partial charge is 0.287 e. The van der Waals surface area contributed by atoms with Crippen molar-refractivity contribution in [1.82, 2.24) is 20.4 Å². The van der Waals surface area contributed by atoms with Gasteiger partial charge in [0.25, 0.3) is 5.91 Å². The third kappa shape index (κ3) is 4.18. The Balaban J connectivity index is 1.81. The van der Waals surface area contributed by atoms with Crippen LogP contribution in [0.15, 0.2) is 30.5 Å². The van der Waals surface area contributed by atoms with Crippen molar-refractivity contribution < 1.29 is 14.3 Å². The molecule has 0 saturated heterocycles. The third-order valence-corrected chi connectivity index (χ3v) is 2.63. The van der Waals surface area contributed by atoms with E-state index in [1.54, 1.807) is 0 Å². The monoisotopic (exact) mass is 291 g/mol. The fraction of sp³-hybridized carbons (Fsp3) is 0.308. The standard InChI is InChI=1S/C13H17N5O3/c1-2-20-10-3-5-11(6-4-10)21-8-7-18-9-12(16-17-18)13(19)15-14/h3-6,9H,2,7-8,14H2,1H3,(H,15,19). The number of hydrogen-bond acceptors (Lipinski definition) is 6. The van der Waals surface area contributed by atoms with Crippen LogP contribution >= 0.6 is 0 Å². The van der Waals surface area contributed by atoms with Gasteiger partial charge in [0.1, 0.15) is 18.1 Å². The highest BCUT2D eigenvalue weighted by Gasteiger charge is 2.08. The highest BCUT2D eigenvalue weighted by atomic mass is 16.5. The van der Waals surface area contributed by atoms with Gasteiger partial charge < -0.3 is 9.47 Å². The molecule has 2 rings (SSSR count). The Morgan fingerprint density at radius 1 is 1.29 bits per heavy atom. The first kappa shape index (κ1) is 14.8. The fourth-order valence-corrected chi connectivity index (χ4v) is 1.64. The Hall–Kier alpha value is -2.61. The normalized spacial score (nSPS) is 10.2. The summed E-state index contributed by atoms with van der Waals surface area (Å²) in [5.41, 5.74) is 2.16. The first-order chi connectivity index (χ1) is 10.2. The largest absolute Gasteiger partial charge is 0.494 e. The minimum Gasteiger partial charge on any atom is -0.494 e. The van der Waals surface area contributed by atoms with Gasteiger partial charge in [-0.2, -0.15) is 0 Å². The summed E-state index contributed by atoms with van der Waals surface area (Å²) in [4.78, 5) is 11.2. The molecule has 0 saturated carbocycles. The van der Waals surface area contributed by atoms with E-state index in [0.717, 1.165) is 11.5 Å². The van der Waals surface area contributed by atoms with Crippen LogP contribution in [0.4, 0.5) is 0 Å². The van der Waals surface area contributed by atoms with Gasteiger partial charge in [-0.3, -0.25) is 10.2 Å². The van der Waals surface area contributed by atoms with Crippen molar-refractivity contribution >= 4 is 5.91 Å². The summed E-state index contributed by atoms with van der Waals surface area (Å²) in [6.45, 7) is 3.44. The van der Waals surface area contributed by atoms with Crippen LogP contribution in [0.5, 0.6) is 11.5 Å². The number of nitrogens with one attached hydrogen (secondary N) is 1. The molecule has 21 heavy (non-hydrogen) atoms. The van der Waals surface area contributed by atoms with Crippen LogP contribution in [0, 0.1) is 0 Å². The third-order valence-electron chi connectivity index (χ3n) is 2.63. The van der Waals surface area contributed by atoms with E-state index in [4.69, 9.17) is 15.3 Å². The molecule has 8 heteroatoms. The summed E-state index contributed by atoms with van der Waals surface area (Å²) in [5.74, 6) is 6.07. The van der Waals surface area contributed by atoms with Gasteiger partial charge in [0.2, 0.25) is 0 Å². The number of benzene rings is 1. The number of hydrazine groups is 1. The second kappa shape index (κ2) is 7.25. The SMILES string of the molecule is CCOc1ccc(OCCn2cc(C(=O)NN)nn2)cc1. The van der Waals surface area contributed by atoms with Crippen LogP contribution in [0.3, 0.4) is 0 Å². The molecule has 1 heterocycles. The van der Waals surface area contributed by atoms with E-state index >= 15 is 0 Å². The molecule has 0 bridgehead atoms. The molecular weight excluding hydrogens is 274 g/mol. The molecule has 0 spiro atoms. The van der Waals surface area contributed by atoms with Gasteiger partial charge in [0.15, 0.2) is 5.69 Å². The van der Waals surface area contributed by atoms with E-state index in [1.165, 1.54) is 10.9 Å². The maximum absolute atomic E-state index is 11.2. The van der Waals surface area contributed by atoms with Crippen LogP contribution in [-0.4, -0.2) is 34.1 Å². The summed E-state index contributed by atoms with van der Waals surface area (Å²) < 4.78 is 12.4. The van der Waals surface area contributed by atoms with Crippen molar-refractivity contribution in [3.05, 3.63) is 36.2 Å². The molecule has 1 amide bonds. The lowest BCUT2D eigenvalue weighted by Crippen LogP contribution is -2.30. The van der Waals surface area contributed by atoms with Gasteiger partial charge in [-0.05, 0) is 31.2 Å². The fourth-order valence-electron chi connectivity index (χ4n) is 1.64. The van der Waals surface area contributed by atoms with Crippen LogP contribution < -0.4 is 20.7 Å². The molecule has 2 aromatic rings. The zero-order valence-electron chi connectivity index (χ0n) is 11.7. The second-order valence-corrected chi connectivity index (χ2v) is 4.09. The number of nitrogens with two attached hydrogens (primary N) is 1. The number of carbonyl (C=O) groups is 1. The van der Waals surface area contributed by atoms with Gasteiger partial charge in [-0.15, -0.1) is 5.10 Å². The van der Waals surface area contributed by atoms with Crippen molar-refractivity contribution in [2.45, 2.75) is 13.5 Å². The Morgan fingerprint density at radius 3 is 2.57 bits per heavy atom. The Bertz CT molecular complexity index is 582. The van der Waals surface area contributed by atoms with E-state index in [1.807, 2.05) is 36.6 Å². The van der Waals surface area contributed by atoms with E-state index in [2.05, 4.69) is 10.3 Å². The van der Waals surface area contributed by atoms with E-state index in [0.29, 0.717) is 19.8 Å². The van der Waals surface area contributed by atoms with Crippen molar-refractivity contribution in [2.75, 3.05) is 13.2 Å². The quantitative estimate of drug-likeness (QED) is 0.433. The molecule has 8 nitrogen and oxygen atoms in total. The number of hydrogen-bond donors (Lipinski definition) is 2. The zero-order chi connectivity index (χ0) is 15.1. The lowest BCUT2D eigenvalue weighted by Gasteiger charge is -2.07. The van der Waals surface area contributed by atoms with Crippen molar-refractivity contribution in [3.63, 3.8) is 0 Å². The number of ether oxygens (including phenoxy) is 2. The predicted molar refractivity (Wildman–Crippen MR) is 74.8 cm³/mol. The molecular formula is C13H17N5O3. The first-order valence-electron chi connectivity index (χ1n) is 6.49. The van der Waals surface area contributed by atoms with Crippen molar-refractivity contribution in [3.8, 4) is 11.5 Å². The molecule has 1 aromatic heterocycles. The van der Waals surface area contributed by atoms with E-state index in [-0.39, 0.29) is 5.69 Å². The Labute approximate surface area is 121 Å². The molecule has 0 unspecified atom stereocenters. The molecule has 0 aliphatic rings. The first-order valence-corrected chi connectivity index (χ1v) is 6.49. The molecule has 112 valence electrons. The van der Waals surface area contributed by atoms with Crippen molar-refractivity contribution in [2.24, 2.45) is 5.84 Å². The number of rotatable bonds is 7. The second-order valence-electron chi connectivity index (χ2n) is 4.09. The van der Waals surface area contributed by atoms with Gasteiger partial charge >= 0.3 is 0 Å².